The number of anilines is 1. The van der Waals surface area contributed by atoms with Crippen LogP contribution in [0.25, 0.3) is 22.2 Å². The molecule has 4 aliphatic heterocycles. The van der Waals surface area contributed by atoms with Gasteiger partial charge in [0.15, 0.2) is 11.6 Å². The molecule has 3 aromatic carbocycles. The van der Waals surface area contributed by atoms with E-state index in [4.69, 9.17) is 9.51 Å². The first kappa shape index (κ1) is 41.1. The number of piperidine rings is 2. The first-order chi connectivity index (χ1) is 29.9. The average Bonchev–Trinajstić information content (AvgIpc) is 4.02. The Morgan fingerprint density at radius 2 is 1.74 bits per heavy atom. The highest BCUT2D eigenvalue weighted by molar-refractivity contribution is 6.01. The minimum atomic E-state index is -1.02. The second-order valence-corrected chi connectivity index (χ2v) is 17.0. The number of aromatic nitrogens is 3. The molecule has 0 saturated carbocycles. The van der Waals surface area contributed by atoms with Gasteiger partial charge in [-0.3, -0.25) is 24.1 Å². The lowest BCUT2D eigenvalue weighted by atomic mass is 9.98. The maximum Gasteiger partial charge on any atom is 0.255 e. The monoisotopic (exact) mass is 844 g/mol. The zero-order valence-corrected chi connectivity index (χ0v) is 35.3. The zero-order valence-electron chi connectivity index (χ0n) is 35.3. The largest absolute Gasteiger partial charge is 0.361 e. The van der Waals surface area contributed by atoms with Gasteiger partial charge in [-0.25, -0.2) is 13.8 Å². The molecule has 4 aliphatic rings. The van der Waals surface area contributed by atoms with Crippen molar-refractivity contribution in [1.82, 2.24) is 34.7 Å². The van der Waals surface area contributed by atoms with Crippen molar-refractivity contribution in [2.75, 3.05) is 31.6 Å². The van der Waals surface area contributed by atoms with Gasteiger partial charge < -0.3 is 29.1 Å². The molecule has 2 atom stereocenters. The molecule has 9 rings (SSSR count). The molecule has 1 N–H and O–H groups in total. The lowest BCUT2D eigenvalue weighted by Gasteiger charge is -2.38. The van der Waals surface area contributed by atoms with Crippen molar-refractivity contribution in [1.29, 1.82) is 0 Å². The van der Waals surface area contributed by atoms with E-state index >= 15 is 0 Å². The summed E-state index contributed by atoms with van der Waals surface area (Å²) >= 11 is 0. The summed E-state index contributed by atoms with van der Waals surface area (Å²) in [5.74, 6) is -1.14. The lowest BCUT2D eigenvalue weighted by molar-refractivity contribution is -0.134. The average molecular weight is 845 g/mol. The molecule has 2 aromatic heterocycles. The van der Waals surface area contributed by atoms with Gasteiger partial charge in [-0.05, 0) is 105 Å². The van der Waals surface area contributed by atoms with Crippen LogP contribution >= 0.6 is 0 Å². The Kier molecular flexibility index (Phi) is 11.0. The molecule has 0 bridgehead atoms. The molecular formula is C47H50F2N8O5. The topological polar surface area (TPSA) is 137 Å². The number of carbonyl (C=O) groups excluding carboxylic acids is 4. The number of aryl methyl sites for hydroxylation is 2. The van der Waals surface area contributed by atoms with Crippen LogP contribution in [0.4, 0.5) is 14.5 Å². The number of likely N-dealkylation sites (tertiary alicyclic amines) is 1. The van der Waals surface area contributed by atoms with Gasteiger partial charge in [-0.2, -0.15) is 0 Å². The third kappa shape index (κ3) is 7.35. The first-order valence-electron chi connectivity index (χ1n) is 21.4. The van der Waals surface area contributed by atoms with Crippen LogP contribution in [0.2, 0.25) is 0 Å². The number of benzene rings is 3. The minimum Gasteiger partial charge on any atom is -0.361 e. The normalized spacial score (nSPS) is 18.7. The molecule has 6 heterocycles. The van der Waals surface area contributed by atoms with E-state index in [1.54, 1.807) is 22.9 Å². The molecular weight excluding hydrogens is 795 g/mol. The number of imidazole rings is 1. The van der Waals surface area contributed by atoms with Gasteiger partial charge in [0, 0.05) is 75.1 Å². The number of amides is 4. The number of rotatable bonds is 11. The Bertz CT molecular complexity index is 2610. The Hall–Kier alpha value is -6.22. The number of allylic oxidation sites excluding steroid dienone is 1. The fourth-order valence-electron chi connectivity index (χ4n) is 10.1. The smallest absolute Gasteiger partial charge is 0.255 e. The first-order valence-corrected chi connectivity index (χ1v) is 21.4. The van der Waals surface area contributed by atoms with Crippen LogP contribution in [0.1, 0.15) is 101 Å². The Morgan fingerprint density at radius 1 is 0.968 bits per heavy atom. The van der Waals surface area contributed by atoms with E-state index in [1.807, 2.05) is 43.0 Å². The summed E-state index contributed by atoms with van der Waals surface area (Å²) < 4.78 is 36.4. The fourth-order valence-corrected chi connectivity index (χ4v) is 10.1. The minimum absolute atomic E-state index is 0.0314. The van der Waals surface area contributed by atoms with E-state index < -0.39 is 23.7 Å². The van der Waals surface area contributed by atoms with Crippen molar-refractivity contribution in [2.45, 2.75) is 96.6 Å². The van der Waals surface area contributed by atoms with Gasteiger partial charge in [0.1, 0.15) is 17.6 Å². The van der Waals surface area contributed by atoms with Crippen molar-refractivity contribution in [3.63, 3.8) is 0 Å². The molecule has 2 fully saturated rings. The van der Waals surface area contributed by atoms with Gasteiger partial charge in [-0.1, -0.05) is 23.4 Å². The number of fused-ring (bicyclic) bond motifs is 3. The summed E-state index contributed by atoms with van der Waals surface area (Å²) in [5.41, 5.74) is 8.06. The fraction of sp³-hybridized carbons (Fsp3) is 0.404. The second kappa shape index (κ2) is 16.6. The Morgan fingerprint density at radius 3 is 2.45 bits per heavy atom. The molecule has 1 unspecified atom stereocenters. The van der Waals surface area contributed by atoms with Gasteiger partial charge in [0.2, 0.25) is 17.7 Å². The number of halogens is 2. The molecule has 13 nitrogen and oxygen atoms in total. The number of nitrogens with zero attached hydrogens (tertiary/aromatic N) is 7. The molecule has 4 amide bonds. The van der Waals surface area contributed by atoms with E-state index in [1.165, 1.54) is 6.07 Å². The van der Waals surface area contributed by atoms with Crippen molar-refractivity contribution >= 4 is 40.3 Å². The van der Waals surface area contributed by atoms with Crippen molar-refractivity contribution in [2.24, 2.45) is 0 Å². The highest BCUT2D eigenvalue weighted by Gasteiger charge is 2.39. The third-order valence-corrected chi connectivity index (χ3v) is 13.1. The predicted octanol–water partition coefficient (Wildman–Crippen LogP) is 7.06. The van der Waals surface area contributed by atoms with Crippen LogP contribution in [-0.4, -0.2) is 85.8 Å². The van der Waals surface area contributed by atoms with Gasteiger partial charge in [0.25, 0.3) is 5.91 Å². The van der Waals surface area contributed by atoms with E-state index in [-0.39, 0.29) is 48.3 Å². The summed E-state index contributed by atoms with van der Waals surface area (Å²) in [7, 11) is 1.58. The van der Waals surface area contributed by atoms with E-state index in [2.05, 4.69) is 32.6 Å². The zero-order chi connectivity index (χ0) is 43.4. The molecule has 2 saturated heterocycles. The number of nitrogens with one attached hydrogen (secondary N) is 1. The number of hydrogen-bond acceptors (Lipinski definition) is 8. The molecule has 0 spiro atoms. The maximum atomic E-state index is 14.6. The standard InChI is InChI=1S/C47H50F2N8O5/c1-5-6-8-41(46(60)50-4)55-25-32-19-30-23-53(24-31(30)20-35(32)47(55)61)26-43(59)54-17-15-33(16-18-54)57-39-14-11-29(44-27(2)52-62-28(44)3)21-38(39)51-45(57)40-9-7-10-42(58)56(40)34-12-13-36(48)37(49)22-34/h5,11-14,19-22,33,40-41H,1,6-10,15-18,23-26H2,2-4H3,(H,50,60)/t40-,41?/m0/s1. The lowest BCUT2D eigenvalue weighted by Crippen LogP contribution is -2.46. The van der Waals surface area contributed by atoms with E-state index in [0.29, 0.717) is 88.4 Å². The summed E-state index contributed by atoms with van der Waals surface area (Å²) in [6, 6.07) is 12.5. The predicted molar refractivity (Wildman–Crippen MR) is 228 cm³/mol. The molecule has 62 heavy (non-hydrogen) atoms. The van der Waals surface area contributed by atoms with E-state index in [0.717, 1.165) is 56.7 Å². The molecule has 0 radical (unpaired) electrons. The number of likely N-dealkylation sites (N-methyl/N-ethyl adjacent to an activating group) is 1. The highest BCUT2D eigenvalue weighted by Crippen LogP contribution is 2.41. The van der Waals surface area contributed by atoms with Crippen molar-refractivity contribution in [3.8, 4) is 11.1 Å². The molecule has 322 valence electrons. The summed E-state index contributed by atoms with van der Waals surface area (Å²) in [6.07, 6.45) is 5.66. The Labute approximate surface area is 358 Å². The maximum absolute atomic E-state index is 14.6. The third-order valence-electron chi connectivity index (χ3n) is 13.1. The van der Waals surface area contributed by atoms with Crippen LogP contribution in [0.5, 0.6) is 0 Å². The molecule has 0 aliphatic carbocycles. The second-order valence-electron chi connectivity index (χ2n) is 17.0. The molecule has 15 heteroatoms. The van der Waals surface area contributed by atoms with Crippen LogP contribution < -0.4 is 10.2 Å². The summed E-state index contributed by atoms with van der Waals surface area (Å²) in [6.45, 7) is 10.3. The van der Waals surface area contributed by atoms with Gasteiger partial charge in [-0.15, -0.1) is 6.58 Å². The number of hydrogen-bond donors (Lipinski definition) is 1. The van der Waals surface area contributed by atoms with Crippen LogP contribution in [-0.2, 0) is 34.0 Å². The van der Waals surface area contributed by atoms with Crippen LogP contribution in [0.3, 0.4) is 0 Å². The SMILES string of the molecule is C=CCCC(C(=O)NC)N1Cc2cc3c(cc2C1=O)CN(CC(=O)N1CCC(n2c([C@@H]4CCCC(=O)N4c4ccc(F)c(F)c4)nc4cc(-c5c(C)noc5C)ccc42)CC1)C3. The van der Waals surface area contributed by atoms with Gasteiger partial charge in [0.05, 0.1) is 29.3 Å². The van der Waals surface area contributed by atoms with E-state index in [9.17, 15) is 28.0 Å². The highest BCUT2D eigenvalue weighted by atomic mass is 19.2. The summed E-state index contributed by atoms with van der Waals surface area (Å²) in [5, 5.41) is 6.84. The van der Waals surface area contributed by atoms with Crippen molar-refractivity contribution in [3.05, 3.63) is 112 Å². The van der Waals surface area contributed by atoms with Crippen molar-refractivity contribution < 1.29 is 32.5 Å². The van der Waals surface area contributed by atoms with Crippen LogP contribution in [0.15, 0.2) is 65.7 Å². The summed E-state index contributed by atoms with van der Waals surface area (Å²) in [4.78, 5) is 66.3. The van der Waals surface area contributed by atoms with Crippen LogP contribution in [0, 0.1) is 25.5 Å². The number of carbonyl (C=O) groups is 4. The molecule has 5 aromatic rings. The van der Waals surface area contributed by atoms with Gasteiger partial charge >= 0.3 is 0 Å². The Balaban J connectivity index is 0.928. The quantitative estimate of drug-likeness (QED) is 0.140.